The van der Waals surface area contributed by atoms with Gasteiger partial charge in [-0.2, -0.15) is 0 Å². The molecule has 0 atom stereocenters. The molecule has 0 spiro atoms. The summed E-state index contributed by atoms with van der Waals surface area (Å²) in [4.78, 5) is 27.6. The second kappa shape index (κ2) is 9.38. The molecule has 0 fully saturated rings. The van der Waals surface area contributed by atoms with Crippen LogP contribution in [0.4, 0.5) is 5.69 Å². The number of pyridine rings is 1. The van der Waals surface area contributed by atoms with Gasteiger partial charge in [0.15, 0.2) is 11.5 Å². The van der Waals surface area contributed by atoms with Gasteiger partial charge in [0.05, 0.1) is 26.8 Å². The van der Waals surface area contributed by atoms with Gasteiger partial charge < -0.3 is 24.5 Å². The molecule has 0 aliphatic rings. The van der Waals surface area contributed by atoms with Crippen molar-refractivity contribution in [3.63, 3.8) is 0 Å². The number of H-pyrrole nitrogens is 1. The molecule has 2 N–H and O–H groups in total. The van der Waals surface area contributed by atoms with Crippen LogP contribution in [0.15, 0.2) is 41.2 Å². The number of hydrogen-bond acceptors (Lipinski definition) is 5. The van der Waals surface area contributed by atoms with E-state index >= 15 is 0 Å². The summed E-state index contributed by atoms with van der Waals surface area (Å²) in [5, 5.41) is 3.78. The SMILES string of the molecule is CCc1c(C)c2ccc(NC(=O)/C=C/c3cc(OC)c(OC)c(OC)c3)cc2[nH]c1=O. The molecular formula is C24H26N2O5. The third-order valence-corrected chi connectivity index (χ3v) is 5.13. The van der Waals surface area contributed by atoms with E-state index in [0.717, 1.165) is 22.1 Å². The number of amides is 1. The van der Waals surface area contributed by atoms with Crippen molar-refractivity contribution >= 4 is 28.6 Å². The van der Waals surface area contributed by atoms with Crippen molar-refractivity contribution in [2.75, 3.05) is 26.6 Å². The molecule has 1 aromatic heterocycles. The Morgan fingerprint density at radius 1 is 1.06 bits per heavy atom. The summed E-state index contributed by atoms with van der Waals surface area (Å²) in [6.45, 7) is 3.90. The number of hydrogen-bond donors (Lipinski definition) is 2. The third-order valence-electron chi connectivity index (χ3n) is 5.13. The largest absolute Gasteiger partial charge is 0.493 e. The van der Waals surface area contributed by atoms with E-state index in [1.54, 1.807) is 24.3 Å². The summed E-state index contributed by atoms with van der Waals surface area (Å²) in [6.07, 6.45) is 3.74. The van der Waals surface area contributed by atoms with Gasteiger partial charge in [-0.15, -0.1) is 0 Å². The minimum atomic E-state index is -0.308. The standard InChI is InChI=1S/C24H26N2O5/c1-6-17-14(2)18-9-8-16(13-19(18)26-24(17)28)25-22(27)10-7-15-11-20(29-3)23(31-5)21(12-15)30-4/h7-13H,6H2,1-5H3,(H,25,27)(H,26,28)/b10-7+. The lowest BCUT2D eigenvalue weighted by Crippen LogP contribution is -2.14. The Morgan fingerprint density at radius 2 is 1.74 bits per heavy atom. The zero-order valence-corrected chi connectivity index (χ0v) is 18.3. The van der Waals surface area contributed by atoms with E-state index in [1.165, 1.54) is 27.4 Å². The zero-order valence-electron chi connectivity index (χ0n) is 18.3. The Hall–Kier alpha value is -3.74. The molecule has 31 heavy (non-hydrogen) atoms. The summed E-state index contributed by atoms with van der Waals surface area (Å²) >= 11 is 0. The van der Waals surface area contributed by atoms with Crippen molar-refractivity contribution in [2.24, 2.45) is 0 Å². The number of carbonyl (C=O) groups is 1. The third kappa shape index (κ3) is 4.55. The molecule has 0 saturated carbocycles. The minimum absolute atomic E-state index is 0.0988. The maximum atomic E-state index is 12.4. The van der Waals surface area contributed by atoms with Crippen LogP contribution < -0.4 is 25.1 Å². The second-order valence-electron chi connectivity index (χ2n) is 6.95. The number of carbonyl (C=O) groups excluding carboxylic acids is 1. The fourth-order valence-corrected chi connectivity index (χ4v) is 3.56. The molecule has 162 valence electrons. The van der Waals surface area contributed by atoms with Crippen LogP contribution in [0.1, 0.15) is 23.6 Å². The monoisotopic (exact) mass is 422 g/mol. The number of fused-ring (bicyclic) bond motifs is 1. The molecule has 3 aromatic rings. The Balaban J connectivity index is 1.83. The van der Waals surface area contributed by atoms with Crippen molar-refractivity contribution in [3.05, 3.63) is 63.5 Å². The molecule has 0 radical (unpaired) electrons. The highest BCUT2D eigenvalue weighted by atomic mass is 16.5. The maximum absolute atomic E-state index is 12.4. The van der Waals surface area contributed by atoms with Gasteiger partial charge in [0, 0.05) is 22.7 Å². The number of aromatic amines is 1. The summed E-state index contributed by atoms with van der Waals surface area (Å²) in [6, 6.07) is 8.98. The van der Waals surface area contributed by atoms with Crippen LogP contribution in [-0.2, 0) is 11.2 Å². The normalized spacial score (nSPS) is 11.0. The van der Waals surface area contributed by atoms with Crippen LogP contribution in [0.3, 0.4) is 0 Å². The van der Waals surface area contributed by atoms with Gasteiger partial charge in [-0.1, -0.05) is 13.0 Å². The van der Waals surface area contributed by atoms with Crippen LogP contribution in [0.5, 0.6) is 17.2 Å². The Bertz CT molecular complexity index is 1190. The topological polar surface area (TPSA) is 89.7 Å². The molecule has 2 aromatic carbocycles. The molecule has 7 nitrogen and oxygen atoms in total. The number of nitrogens with one attached hydrogen (secondary N) is 2. The zero-order chi connectivity index (χ0) is 22.5. The molecule has 0 bridgehead atoms. The quantitative estimate of drug-likeness (QED) is 0.560. The number of aromatic nitrogens is 1. The molecule has 0 saturated heterocycles. The maximum Gasteiger partial charge on any atom is 0.251 e. The predicted molar refractivity (Wildman–Crippen MR) is 122 cm³/mol. The first-order chi connectivity index (χ1) is 14.9. The molecule has 1 heterocycles. The van der Waals surface area contributed by atoms with Crippen LogP contribution >= 0.6 is 0 Å². The first-order valence-electron chi connectivity index (χ1n) is 9.86. The van der Waals surface area contributed by atoms with Gasteiger partial charge in [0.2, 0.25) is 11.7 Å². The number of benzene rings is 2. The molecule has 0 aliphatic heterocycles. The van der Waals surface area contributed by atoms with E-state index in [9.17, 15) is 9.59 Å². The van der Waals surface area contributed by atoms with Crippen molar-refractivity contribution < 1.29 is 19.0 Å². The summed E-state index contributed by atoms with van der Waals surface area (Å²) < 4.78 is 16.0. The van der Waals surface area contributed by atoms with Gasteiger partial charge >= 0.3 is 0 Å². The highest BCUT2D eigenvalue weighted by Crippen LogP contribution is 2.38. The fraction of sp³-hybridized carbons (Fsp3) is 0.250. The molecule has 1 amide bonds. The van der Waals surface area contributed by atoms with Crippen molar-refractivity contribution in [3.8, 4) is 17.2 Å². The van der Waals surface area contributed by atoms with Gasteiger partial charge in [-0.3, -0.25) is 9.59 Å². The lowest BCUT2D eigenvalue weighted by Gasteiger charge is -2.12. The minimum Gasteiger partial charge on any atom is -0.493 e. The van der Waals surface area contributed by atoms with E-state index in [1.807, 2.05) is 26.0 Å². The number of methoxy groups -OCH3 is 3. The van der Waals surface area contributed by atoms with E-state index in [4.69, 9.17) is 14.2 Å². The van der Waals surface area contributed by atoms with Crippen molar-refractivity contribution in [1.29, 1.82) is 0 Å². The Morgan fingerprint density at radius 3 is 2.32 bits per heavy atom. The Kier molecular flexibility index (Phi) is 6.65. The molecule has 3 rings (SSSR count). The van der Waals surface area contributed by atoms with E-state index in [2.05, 4.69) is 10.3 Å². The smallest absolute Gasteiger partial charge is 0.251 e. The van der Waals surface area contributed by atoms with E-state index < -0.39 is 0 Å². The van der Waals surface area contributed by atoms with E-state index in [-0.39, 0.29) is 11.5 Å². The van der Waals surface area contributed by atoms with Gasteiger partial charge in [0.1, 0.15) is 0 Å². The lowest BCUT2D eigenvalue weighted by atomic mass is 10.0. The van der Waals surface area contributed by atoms with Crippen molar-refractivity contribution in [1.82, 2.24) is 4.98 Å². The summed E-state index contributed by atoms with van der Waals surface area (Å²) in [7, 11) is 4.60. The van der Waals surface area contributed by atoms with Gasteiger partial charge in [-0.05, 0) is 54.8 Å². The fourth-order valence-electron chi connectivity index (χ4n) is 3.56. The average Bonchev–Trinajstić information content (AvgIpc) is 2.76. The molecule has 0 unspecified atom stereocenters. The lowest BCUT2D eigenvalue weighted by molar-refractivity contribution is -0.111. The van der Waals surface area contributed by atoms with Crippen molar-refractivity contribution in [2.45, 2.75) is 20.3 Å². The first-order valence-corrected chi connectivity index (χ1v) is 9.86. The average molecular weight is 422 g/mol. The summed E-state index contributed by atoms with van der Waals surface area (Å²) in [5.41, 5.74) is 3.63. The molecule has 0 aliphatic carbocycles. The van der Waals surface area contributed by atoms with E-state index in [0.29, 0.717) is 34.9 Å². The van der Waals surface area contributed by atoms with Crippen LogP contribution in [-0.4, -0.2) is 32.2 Å². The number of rotatable bonds is 7. The van der Waals surface area contributed by atoms with Gasteiger partial charge in [0.25, 0.3) is 5.56 Å². The highest BCUT2D eigenvalue weighted by molar-refractivity contribution is 6.03. The highest BCUT2D eigenvalue weighted by Gasteiger charge is 2.12. The van der Waals surface area contributed by atoms with Gasteiger partial charge in [-0.25, -0.2) is 0 Å². The van der Waals surface area contributed by atoms with Crippen LogP contribution in [0, 0.1) is 6.92 Å². The first kappa shape index (κ1) is 22.0. The second-order valence-corrected chi connectivity index (χ2v) is 6.95. The number of aryl methyl sites for hydroxylation is 1. The predicted octanol–water partition coefficient (Wildman–Crippen LogP) is 4.08. The van der Waals surface area contributed by atoms with Crippen LogP contribution in [0.2, 0.25) is 0 Å². The Labute approximate surface area is 180 Å². The van der Waals surface area contributed by atoms with Crippen LogP contribution in [0.25, 0.3) is 17.0 Å². The molecular weight excluding hydrogens is 396 g/mol. The summed E-state index contributed by atoms with van der Waals surface area (Å²) in [5.74, 6) is 1.18. The molecule has 7 heteroatoms. The number of anilines is 1. The number of ether oxygens (including phenoxy) is 3.